The Morgan fingerprint density at radius 1 is 1.21 bits per heavy atom. The van der Waals surface area contributed by atoms with Crippen LogP contribution in [0.25, 0.3) is 0 Å². The van der Waals surface area contributed by atoms with Gasteiger partial charge in [-0.25, -0.2) is 19.3 Å². The zero-order valence-corrected chi connectivity index (χ0v) is 19.0. The Morgan fingerprint density at radius 3 is 2.73 bits per heavy atom. The highest BCUT2D eigenvalue weighted by molar-refractivity contribution is 5.81. The number of amides is 1. The molecular formula is C23H31FN6O3. The number of carbonyl (C=O) groups is 1. The van der Waals surface area contributed by atoms with Crippen molar-refractivity contribution in [3.05, 3.63) is 35.9 Å². The van der Waals surface area contributed by atoms with Crippen LogP contribution in [-0.2, 0) is 20.8 Å². The monoisotopic (exact) mass is 458 g/mol. The Morgan fingerprint density at radius 2 is 2.00 bits per heavy atom. The first-order valence-electron chi connectivity index (χ1n) is 11.9. The van der Waals surface area contributed by atoms with Gasteiger partial charge in [0.15, 0.2) is 5.82 Å². The summed E-state index contributed by atoms with van der Waals surface area (Å²) in [6.07, 6.45) is 8.48. The van der Waals surface area contributed by atoms with Crippen molar-refractivity contribution in [3.8, 4) is 0 Å². The second-order valence-electron chi connectivity index (χ2n) is 9.17. The van der Waals surface area contributed by atoms with Crippen LogP contribution in [0.4, 0.5) is 10.3 Å². The molecule has 2 saturated heterocycles. The maximum Gasteiger partial charge on any atom is 0.249 e. The van der Waals surface area contributed by atoms with Crippen molar-refractivity contribution in [1.82, 2.24) is 24.8 Å². The molecule has 33 heavy (non-hydrogen) atoms. The van der Waals surface area contributed by atoms with Gasteiger partial charge in [0, 0.05) is 38.5 Å². The van der Waals surface area contributed by atoms with Gasteiger partial charge in [0.25, 0.3) is 0 Å². The number of hydrogen-bond acceptors (Lipinski definition) is 7. The number of hydrogen-bond donors (Lipinski definition) is 1. The van der Waals surface area contributed by atoms with E-state index in [9.17, 15) is 9.18 Å². The third kappa shape index (κ3) is 5.01. The summed E-state index contributed by atoms with van der Waals surface area (Å²) in [5.74, 6) is 1.08. The second kappa shape index (κ2) is 9.72. The quantitative estimate of drug-likeness (QED) is 0.707. The van der Waals surface area contributed by atoms with Gasteiger partial charge in [-0.1, -0.05) is 0 Å². The summed E-state index contributed by atoms with van der Waals surface area (Å²) in [6, 6.07) is -0.0243. The van der Waals surface area contributed by atoms with Crippen LogP contribution >= 0.6 is 0 Å². The third-order valence-electron chi connectivity index (χ3n) is 6.82. The zero-order valence-electron chi connectivity index (χ0n) is 19.0. The molecule has 5 rings (SSSR count). The molecule has 0 unspecified atom stereocenters. The molecule has 1 amide bonds. The number of fused-ring (bicyclic) bond motifs is 1. The fourth-order valence-corrected chi connectivity index (χ4v) is 5.05. The number of nitrogens with zero attached hydrogens (tertiary/aromatic N) is 5. The van der Waals surface area contributed by atoms with Crippen LogP contribution < -0.4 is 10.2 Å². The lowest BCUT2D eigenvalue weighted by atomic mass is 9.92. The van der Waals surface area contributed by atoms with Crippen LogP contribution in [-0.4, -0.2) is 70.0 Å². The van der Waals surface area contributed by atoms with E-state index in [1.807, 2.05) is 6.92 Å². The van der Waals surface area contributed by atoms with E-state index in [-0.39, 0.29) is 30.1 Å². The highest BCUT2D eigenvalue weighted by atomic mass is 19.1. The topological polar surface area (TPSA) is 94.4 Å². The summed E-state index contributed by atoms with van der Waals surface area (Å²) in [5.41, 5.74) is 0.980. The fourth-order valence-electron chi connectivity index (χ4n) is 5.05. The van der Waals surface area contributed by atoms with Gasteiger partial charge in [-0.15, -0.1) is 0 Å². The molecule has 1 N–H and O–H groups in total. The first-order valence-corrected chi connectivity index (χ1v) is 11.9. The number of anilines is 1. The molecule has 0 radical (unpaired) electrons. The zero-order chi connectivity index (χ0) is 22.8. The largest absolute Gasteiger partial charge is 0.377 e. The number of rotatable bonds is 6. The molecule has 2 aromatic rings. The highest BCUT2D eigenvalue weighted by Gasteiger charge is 2.36. The number of nitrogens with one attached hydrogen (secondary N) is 1. The molecule has 9 nitrogen and oxygen atoms in total. The number of imidazole rings is 1. The van der Waals surface area contributed by atoms with E-state index in [1.54, 1.807) is 0 Å². The predicted molar refractivity (Wildman–Crippen MR) is 118 cm³/mol. The molecule has 5 heterocycles. The molecule has 3 atom stereocenters. The van der Waals surface area contributed by atoms with E-state index in [2.05, 4.69) is 30.9 Å². The Labute approximate surface area is 192 Å². The second-order valence-corrected chi connectivity index (χ2v) is 9.17. The Hall–Kier alpha value is -2.59. The fraction of sp³-hybridized carbons (Fsp3) is 0.652. The SMILES string of the molecule is Cc1cn2c(n1)[C@@H](COC1CCN(c3ncc(F)cn3)CC1)[C@@H](NC(=O)[C@@H]1CCCO1)CC2. The van der Waals surface area contributed by atoms with Crippen molar-refractivity contribution in [2.24, 2.45) is 0 Å². The average Bonchev–Trinajstić information content (AvgIpc) is 3.49. The summed E-state index contributed by atoms with van der Waals surface area (Å²) in [6.45, 7) is 5.50. The van der Waals surface area contributed by atoms with Crippen molar-refractivity contribution in [2.45, 2.75) is 69.7 Å². The summed E-state index contributed by atoms with van der Waals surface area (Å²) < 4.78 is 27.2. The minimum atomic E-state index is -0.431. The smallest absolute Gasteiger partial charge is 0.249 e. The number of carbonyl (C=O) groups excluding carboxylic acids is 1. The van der Waals surface area contributed by atoms with Crippen molar-refractivity contribution >= 4 is 11.9 Å². The van der Waals surface area contributed by atoms with Crippen LogP contribution in [0.2, 0.25) is 0 Å². The minimum Gasteiger partial charge on any atom is -0.377 e. The van der Waals surface area contributed by atoms with E-state index in [0.29, 0.717) is 19.2 Å². The third-order valence-corrected chi connectivity index (χ3v) is 6.82. The summed E-state index contributed by atoms with van der Waals surface area (Å²) in [7, 11) is 0. The van der Waals surface area contributed by atoms with Crippen LogP contribution in [0.15, 0.2) is 18.6 Å². The molecule has 10 heteroatoms. The maximum absolute atomic E-state index is 13.1. The number of aryl methyl sites for hydroxylation is 2. The van der Waals surface area contributed by atoms with Gasteiger partial charge in [0.1, 0.15) is 11.9 Å². The molecule has 0 aliphatic carbocycles. The van der Waals surface area contributed by atoms with Crippen LogP contribution in [0.1, 0.15) is 49.5 Å². The van der Waals surface area contributed by atoms with Gasteiger partial charge < -0.3 is 24.3 Å². The Bertz CT molecular complexity index is 954. The number of ether oxygens (including phenoxy) is 2. The normalized spacial score (nSPS) is 25.8. The number of piperidine rings is 1. The maximum atomic E-state index is 13.1. The van der Waals surface area contributed by atoms with E-state index in [0.717, 1.165) is 63.3 Å². The standard InChI is InChI=1S/C23H31FN6O3/c1-15-13-30-9-6-19(28-22(31)20-3-2-10-32-20)18(21(30)27-15)14-33-17-4-7-29(8-5-17)23-25-11-16(24)12-26-23/h11-13,17-20H,2-10,14H2,1H3,(H,28,31)/t18-,19-,20-/m0/s1. The van der Waals surface area contributed by atoms with Crippen molar-refractivity contribution < 1.29 is 18.7 Å². The van der Waals surface area contributed by atoms with E-state index >= 15 is 0 Å². The van der Waals surface area contributed by atoms with Crippen molar-refractivity contribution in [1.29, 1.82) is 0 Å². The molecule has 178 valence electrons. The van der Waals surface area contributed by atoms with Gasteiger partial charge in [-0.3, -0.25) is 4.79 Å². The van der Waals surface area contributed by atoms with Crippen molar-refractivity contribution in [2.75, 3.05) is 31.2 Å². The van der Waals surface area contributed by atoms with Crippen LogP contribution in [0, 0.1) is 12.7 Å². The number of halogens is 1. The molecule has 0 bridgehead atoms. The van der Waals surface area contributed by atoms with Gasteiger partial charge in [0.2, 0.25) is 11.9 Å². The van der Waals surface area contributed by atoms with Gasteiger partial charge in [-0.2, -0.15) is 0 Å². The summed E-state index contributed by atoms with van der Waals surface area (Å²) >= 11 is 0. The lowest BCUT2D eigenvalue weighted by Gasteiger charge is -2.36. The molecule has 3 aliphatic rings. The number of aromatic nitrogens is 4. The van der Waals surface area contributed by atoms with E-state index in [1.165, 1.54) is 12.4 Å². The first kappa shape index (κ1) is 22.2. The lowest BCUT2D eigenvalue weighted by molar-refractivity contribution is -0.131. The summed E-state index contributed by atoms with van der Waals surface area (Å²) in [5, 5.41) is 3.23. The van der Waals surface area contributed by atoms with Crippen LogP contribution in [0.3, 0.4) is 0 Å². The predicted octanol–water partition coefficient (Wildman–Crippen LogP) is 1.96. The molecule has 0 saturated carbocycles. The van der Waals surface area contributed by atoms with Crippen molar-refractivity contribution in [3.63, 3.8) is 0 Å². The molecule has 3 aliphatic heterocycles. The van der Waals surface area contributed by atoms with Gasteiger partial charge in [0.05, 0.1) is 36.7 Å². The van der Waals surface area contributed by atoms with E-state index in [4.69, 9.17) is 14.5 Å². The Kier molecular flexibility index (Phi) is 6.55. The Balaban J connectivity index is 1.20. The highest BCUT2D eigenvalue weighted by Crippen LogP contribution is 2.30. The molecule has 0 spiro atoms. The molecule has 2 aromatic heterocycles. The van der Waals surface area contributed by atoms with Gasteiger partial charge >= 0.3 is 0 Å². The minimum absolute atomic E-state index is 0.00346. The van der Waals surface area contributed by atoms with Crippen LogP contribution in [0.5, 0.6) is 0 Å². The summed E-state index contributed by atoms with van der Waals surface area (Å²) in [4.78, 5) is 27.7. The molecule has 2 fully saturated rings. The molecular weight excluding hydrogens is 427 g/mol. The molecule has 0 aromatic carbocycles. The average molecular weight is 459 g/mol. The first-order chi connectivity index (χ1) is 16.1. The van der Waals surface area contributed by atoms with E-state index < -0.39 is 5.82 Å². The van der Waals surface area contributed by atoms with Gasteiger partial charge in [-0.05, 0) is 39.0 Å². The lowest BCUT2D eigenvalue weighted by Crippen LogP contribution is -2.48.